The van der Waals surface area contributed by atoms with Gasteiger partial charge in [0.05, 0.1) is 11.4 Å². The van der Waals surface area contributed by atoms with Crippen LogP contribution in [0.15, 0.2) is 52.3 Å². The number of carbonyl (C=O) groups is 2. The predicted molar refractivity (Wildman–Crippen MR) is 118 cm³/mol. The molecule has 1 N–H and O–H groups in total. The number of hydrogen-bond acceptors (Lipinski definition) is 5. The number of anilines is 2. The highest BCUT2D eigenvalue weighted by atomic mass is 79.9. The summed E-state index contributed by atoms with van der Waals surface area (Å²) < 4.78 is 6.84. The second-order valence-electron chi connectivity index (χ2n) is 6.97. The number of fused-ring (bicyclic) bond motifs is 1. The lowest BCUT2D eigenvalue weighted by Gasteiger charge is -2.37. The number of hydrogen-bond donors (Lipinski definition) is 1. The van der Waals surface area contributed by atoms with Gasteiger partial charge in [-0.1, -0.05) is 34.1 Å². The van der Waals surface area contributed by atoms with E-state index in [4.69, 9.17) is 4.74 Å². The molecule has 2 amide bonds. The first-order valence-electron chi connectivity index (χ1n) is 8.89. The number of ether oxygens (including phenoxy) is 1. The molecule has 0 fully saturated rings. The summed E-state index contributed by atoms with van der Waals surface area (Å²) in [5, 5.41) is 5.00. The van der Waals surface area contributed by atoms with Crippen molar-refractivity contribution >= 4 is 49.9 Å². The number of likely N-dealkylation sites (N-methyl/N-ethyl adjacent to an activating group) is 1. The Balaban J connectivity index is 1.57. The van der Waals surface area contributed by atoms with Crippen molar-refractivity contribution in [1.82, 2.24) is 4.98 Å². The number of rotatable bonds is 3. The number of halogens is 1. The number of nitrogens with one attached hydrogen (secondary N) is 1. The van der Waals surface area contributed by atoms with Crippen LogP contribution in [0, 0.1) is 6.92 Å². The van der Waals surface area contributed by atoms with E-state index in [0.29, 0.717) is 16.6 Å². The number of aromatic nitrogens is 1. The molecule has 0 saturated heterocycles. The lowest BCUT2D eigenvalue weighted by atomic mass is 10.00. The Labute approximate surface area is 180 Å². The van der Waals surface area contributed by atoms with Crippen LogP contribution >= 0.6 is 27.3 Å². The third kappa shape index (κ3) is 3.54. The molecule has 1 aromatic heterocycles. The molecule has 2 heterocycles. The molecule has 2 aromatic carbocycles. The van der Waals surface area contributed by atoms with Crippen LogP contribution in [0.1, 0.15) is 12.5 Å². The number of aryl methyl sites for hydroxylation is 1. The van der Waals surface area contributed by atoms with E-state index >= 15 is 0 Å². The highest BCUT2D eigenvalue weighted by molar-refractivity contribution is 9.10. The topological polar surface area (TPSA) is 71.5 Å². The quantitative estimate of drug-likeness (QED) is 0.565. The fourth-order valence-electron chi connectivity index (χ4n) is 3.11. The second-order valence-corrected chi connectivity index (χ2v) is 8.74. The summed E-state index contributed by atoms with van der Waals surface area (Å²) in [6, 6.07) is 13.2. The summed E-state index contributed by atoms with van der Waals surface area (Å²) in [6.07, 6.45) is 0. The molecule has 1 atom stereocenters. The van der Waals surface area contributed by atoms with Crippen molar-refractivity contribution in [3.05, 3.63) is 57.9 Å². The van der Waals surface area contributed by atoms with Gasteiger partial charge in [-0.25, -0.2) is 4.98 Å². The van der Waals surface area contributed by atoms with Crippen molar-refractivity contribution in [3.8, 4) is 17.0 Å². The van der Waals surface area contributed by atoms with Crippen LogP contribution in [0.5, 0.6) is 5.75 Å². The molecule has 1 unspecified atom stereocenters. The molecule has 3 aromatic rings. The molecule has 0 bridgehead atoms. The molecule has 1 aliphatic rings. The minimum Gasteiger partial charge on any atom is -0.465 e. The summed E-state index contributed by atoms with van der Waals surface area (Å²) in [7, 11) is 1.64. The average molecular weight is 472 g/mol. The maximum atomic E-state index is 13.0. The summed E-state index contributed by atoms with van der Waals surface area (Å²) in [6.45, 7) is 3.41. The fourth-order valence-corrected chi connectivity index (χ4v) is 4.09. The fraction of sp³-hybridized carbons (Fsp3) is 0.190. The van der Waals surface area contributed by atoms with Crippen LogP contribution in [0.25, 0.3) is 11.3 Å². The summed E-state index contributed by atoms with van der Waals surface area (Å²) in [5.74, 6) is -0.500. The average Bonchev–Trinajstić information content (AvgIpc) is 3.16. The van der Waals surface area contributed by atoms with Gasteiger partial charge in [0, 0.05) is 22.5 Å². The van der Waals surface area contributed by atoms with Crippen molar-refractivity contribution < 1.29 is 14.3 Å². The molecule has 29 heavy (non-hydrogen) atoms. The van der Waals surface area contributed by atoms with Gasteiger partial charge in [0.1, 0.15) is 5.75 Å². The first kappa shape index (κ1) is 19.6. The number of benzene rings is 2. The maximum Gasteiger partial charge on any atom is 0.280 e. The van der Waals surface area contributed by atoms with Crippen molar-refractivity contribution in [2.24, 2.45) is 0 Å². The Hall–Kier alpha value is -2.71. The molecule has 0 radical (unpaired) electrons. The molecule has 6 nitrogen and oxygen atoms in total. The van der Waals surface area contributed by atoms with E-state index < -0.39 is 17.4 Å². The molecular weight excluding hydrogens is 454 g/mol. The van der Waals surface area contributed by atoms with Crippen LogP contribution in [0.3, 0.4) is 0 Å². The van der Waals surface area contributed by atoms with Crippen molar-refractivity contribution in [3.63, 3.8) is 0 Å². The Bertz CT molecular complexity index is 1110. The Morgan fingerprint density at radius 2 is 1.97 bits per heavy atom. The van der Waals surface area contributed by atoms with E-state index in [1.54, 1.807) is 13.1 Å². The van der Waals surface area contributed by atoms with Gasteiger partial charge in [-0.15, -0.1) is 11.3 Å². The first-order chi connectivity index (χ1) is 13.8. The predicted octanol–water partition coefficient (Wildman–Crippen LogP) is 4.63. The molecule has 8 heteroatoms. The molecular formula is C21H18BrN3O3S. The van der Waals surface area contributed by atoms with Gasteiger partial charge < -0.3 is 9.64 Å². The van der Waals surface area contributed by atoms with Crippen LogP contribution in [-0.2, 0) is 9.59 Å². The van der Waals surface area contributed by atoms with Crippen LogP contribution in [-0.4, -0.2) is 29.4 Å². The van der Waals surface area contributed by atoms with Gasteiger partial charge in [-0.05, 0) is 43.7 Å². The lowest BCUT2D eigenvalue weighted by Crippen LogP contribution is -2.59. The van der Waals surface area contributed by atoms with E-state index in [-0.39, 0.29) is 0 Å². The highest BCUT2D eigenvalue weighted by Gasteiger charge is 2.50. The molecule has 4 rings (SSSR count). The number of carbonyl (C=O) groups excluding carboxylic acids is 2. The third-order valence-corrected chi connectivity index (χ3v) is 6.09. The third-order valence-electron chi connectivity index (χ3n) is 4.80. The van der Waals surface area contributed by atoms with Crippen LogP contribution < -0.4 is 15.0 Å². The van der Waals surface area contributed by atoms with Gasteiger partial charge in [0.25, 0.3) is 17.4 Å². The van der Waals surface area contributed by atoms with Crippen molar-refractivity contribution in [2.75, 3.05) is 17.3 Å². The van der Waals surface area contributed by atoms with E-state index in [0.717, 1.165) is 21.3 Å². The summed E-state index contributed by atoms with van der Waals surface area (Å²) >= 11 is 4.70. The number of amides is 2. The van der Waals surface area contributed by atoms with Gasteiger partial charge in [-0.3, -0.25) is 14.9 Å². The Morgan fingerprint density at radius 3 is 2.69 bits per heavy atom. The highest BCUT2D eigenvalue weighted by Crippen LogP contribution is 2.38. The minimum absolute atomic E-state index is 0.405. The van der Waals surface area contributed by atoms with E-state index in [1.807, 2.05) is 48.7 Å². The number of thiazole rings is 1. The van der Waals surface area contributed by atoms with Crippen molar-refractivity contribution in [2.45, 2.75) is 19.4 Å². The summed E-state index contributed by atoms with van der Waals surface area (Å²) in [5.41, 5.74) is 1.65. The van der Waals surface area contributed by atoms with Gasteiger partial charge in [0.2, 0.25) is 0 Å². The molecule has 1 aliphatic heterocycles. The van der Waals surface area contributed by atoms with Gasteiger partial charge >= 0.3 is 0 Å². The monoisotopic (exact) mass is 471 g/mol. The Morgan fingerprint density at radius 1 is 1.24 bits per heavy atom. The smallest absolute Gasteiger partial charge is 0.280 e. The second kappa shape index (κ2) is 7.27. The van der Waals surface area contributed by atoms with E-state index in [1.165, 1.54) is 23.2 Å². The molecule has 148 valence electrons. The number of nitrogens with zero attached hydrogens (tertiary/aromatic N) is 2. The van der Waals surface area contributed by atoms with E-state index in [9.17, 15) is 9.59 Å². The SMILES string of the molecule is Cc1ccc2c(c1)N(C)C(=O)C(C)(C(=O)Nc1nc(-c3ccc(Br)cc3)cs1)O2. The van der Waals surface area contributed by atoms with Crippen molar-refractivity contribution in [1.29, 1.82) is 0 Å². The Kier molecular flexibility index (Phi) is 4.92. The largest absolute Gasteiger partial charge is 0.465 e. The first-order valence-corrected chi connectivity index (χ1v) is 10.6. The zero-order valence-electron chi connectivity index (χ0n) is 16.0. The van der Waals surface area contributed by atoms with Gasteiger partial charge in [-0.2, -0.15) is 0 Å². The standard InChI is InChI=1S/C21H18BrN3O3S/c1-12-4-9-17-16(10-12)25(3)19(27)21(2,28-17)18(26)24-20-23-15(11-29-20)13-5-7-14(22)8-6-13/h4-11H,1-3H3,(H,23,24,26). The molecule has 0 spiro atoms. The summed E-state index contributed by atoms with van der Waals surface area (Å²) in [4.78, 5) is 31.8. The maximum absolute atomic E-state index is 13.0. The lowest BCUT2D eigenvalue weighted by molar-refractivity contribution is -0.144. The van der Waals surface area contributed by atoms with Crippen LogP contribution in [0.4, 0.5) is 10.8 Å². The zero-order chi connectivity index (χ0) is 20.8. The van der Waals surface area contributed by atoms with Crippen LogP contribution in [0.2, 0.25) is 0 Å². The van der Waals surface area contributed by atoms with Gasteiger partial charge in [0.15, 0.2) is 5.13 Å². The minimum atomic E-state index is -1.68. The zero-order valence-corrected chi connectivity index (χ0v) is 18.4. The van der Waals surface area contributed by atoms with E-state index in [2.05, 4.69) is 26.2 Å². The molecule has 0 aliphatic carbocycles. The molecule has 0 saturated carbocycles. The normalized spacial score (nSPS) is 18.2.